The molecule has 0 atom stereocenters. The predicted molar refractivity (Wildman–Crippen MR) is 94.8 cm³/mol. The van der Waals surface area contributed by atoms with E-state index in [2.05, 4.69) is 61.5 Å². The molecule has 0 heteroatoms. The minimum absolute atomic E-state index is 1.22. The average molecular weight is 280 g/mol. The maximum Gasteiger partial charge on any atom is -0.0181 e. The molecule has 0 aliphatic carbocycles. The van der Waals surface area contributed by atoms with Gasteiger partial charge < -0.3 is 0 Å². The standard InChI is InChI=1S/C21H28/c1-2-3-4-5-6-7-8-9-10-13-19-16-17-20-14-11-12-15-21(20)18-19/h4-5,11-12,14-18H,2-3,6-10,13H2,1H3/b5-4+. The first-order chi connectivity index (χ1) is 10.4. The van der Waals surface area contributed by atoms with E-state index in [0.717, 1.165) is 0 Å². The van der Waals surface area contributed by atoms with Crippen molar-refractivity contribution >= 4 is 10.8 Å². The monoisotopic (exact) mass is 280 g/mol. The number of fused-ring (bicyclic) bond motifs is 1. The van der Waals surface area contributed by atoms with E-state index in [9.17, 15) is 0 Å². The lowest BCUT2D eigenvalue weighted by molar-refractivity contribution is 0.646. The summed E-state index contributed by atoms with van der Waals surface area (Å²) in [6, 6.07) is 15.5. The molecule has 0 saturated carbocycles. The third-order valence-corrected chi connectivity index (χ3v) is 4.02. The van der Waals surface area contributed by atoms with Crippen molar-refractivity contribution in [1.82, 2.24) is 0 Å². The molecule has 0 aliphatic rings. The number of hydrogen-bond donors (Lipinski definition) is 0. The molecule has 0 unspecified atom stereocenters. The van der Waals surface area contributed by atoms with Gasteiger partial charge in [0, 0.05) is 0 Å². The number of rotatable bonds is 9. The predicted octanol–water partition coefficient (Wildman–Crippen LogP) is 6.69. The Bertz CT molecular complexity index is 551. The Hall–Kier alpha value is -1.56. The normalized spacial score (nSPS) is 11.5. The summed E-state index contributed by atoms with van der Waals surface area (Å²) in [7, 11) is 0. The second kappa shape index (κ2) is 9.39. The molecule has 0 nitrogen and oxygen atoms in total. The fourth-order valence-electron chi connectivity index (χ4n) is 2.74. The summed E-state index contributed by atoms with van der Waals surface area (Å²) in [6.45, 7) is 2.23. The Kier molecular flexibility index (Phi) is 7.07. The molecule has 0 N–H and O–H groups in total. The highest BCUT2D eigenvalue weighted by atomic mass is 14.0. The third-order valence-electron chi connectivity index (χ3n) is 4.02. The van der Waals surface area contributed by atoms with Crippen LogP contribution in [0.5, 0.6) is 0 Å². The zero-order valence-electron chi connectivity index (χ0n) is 13.4. The van der Waals surface area contributed by atoms with E-state index in [1.165, 1.54) is 67.7 Å². The molecule has 0 bridgehead atoms. The van der Waals surface area contributed by atoms with E-state index < -0.39 is 0 Å². The molecule has 112 valence electrons. The Morgan fingerprint density at radius 3 is 2.38 bits per heavy atom. The zero-order chi connectivity index (χ0) is 14.8. The molecule has 0 saturated heterocycles. The van der Waals surface area contributed by atoms with Gasteiger partial charge in [-0.3, -0.25) is 0 Å². The molecule has 0 fully saturated rings. The summed E-state index contributed by atoms with van der Waals surface area (Å²) in [5.74, 6) is 0. The van der Waals surface area contributed by atoms with Crippen LogP contribution in [-0.4, -0.2) is 0 Å². The summed E-state index contributed by atoms with van der Waals surface area (Å²) in [6.07, 6.45) is 15.0. The van der Waals surface area contributed by atoms with Gasteiger partial charge in [-0.05, 0) is 48.4 Å². The van der Waals surface area contributed by atoms with Crippen LogP contribution in [-0.2, 0) is 6.42 Å². The number of unbranched alkanes of at least 4 members (excludes halogenated alkanes) is 5. The van der Waals surface area contributed by atoms with Crippen molar-refractivity contribution < 1.29 is 0 Å². The molecule has 0 aliphatic heterocycles. The first-order valence-corrected chi connectivity index (χ1v) is 8.53. The maximum absolute atomic E-state index is 2.35. The minimum atomic E-state index is 1.22. The van der Waals surface area contributed by atoms with Crippen molar-refractivity contribution in [2.75, 3.05) is 0 Å². The van der Waals surface area contributed by atoms with Crippen LogP contribution in [0, 0.1) is 0 Å². The molecule has 21 heavy (non-hydrogen) atoms. The molecule has 0 amide bonds. The zero-order valence-corrected chi connectivity index (χ0v) is 13.4. The lowest BCUT2D eigenvalue weighted by Gasteiger charge is -2.04. The topological polar surface area (TPSA) is 0 Å². The van der Waals surface area contributed by atoms with E-state index in [1.54, 1.807) is 0 Å². The average Bonchev–Trinajstić information content (AvgIpc) is 2.53. The fraction of sp³-hybridized carbons (Fsp3) is 0.429. The van der Waals surface area contributed by atoms with Crippen LogP contribution >= 0.6 is 0 Å². The number of benzene rings is 2. The Labute approximate surface area is 129 Å². The van der Waals surface area contributed by atoms with Crippen LogP contribution in [0.3, 0.4) is 0 Å². The van der Waals surface area contributed by atoms with Crippen molar-refractivity contribution in [3.05, 3.63) is 60.2 Å². The van der Waals surface area contributed by atoms with Crippen molar-refractivity contribution in [2.45, 2.75) is 58.3 Å². The van der Waals surface area contributed by atoms with E-state index >= 15 is 0 Å². The fourth-order valence-corrected chi connectivity index (χ4v) is 2.74. The van der Waals surface area contributed by atoms with Crippen molar-refractivity contribution in [3.8, 4) is 0 Å². The second-order valence-corrected chi connectivity index (χ2v) is 5.89. The van der Waals surface area contributed by atoms with Gasteiger partial charge in [-0.2, -0.15) is 0 Å². The first kappa shape index (κ1) is 15.8. The number of allylic oxidation sites excluding steroid dienone is 2. The lowest BCUT2D eigenvalue weighted by atomic mass is 10.0. The van der Waals surface area contributed by atoms with E-state index in [4.69, 9.17) is 0 Å². The van der Waals surface area contributed by atoms with E-state index in [-0.39, 0.29) is 0 Å². The number of aryl methyl sites for hydroxylation is 1. The molecular weight excluding hydrogens is 252 g/mol. The lowest BCUT2D eigenvalue weighted by Crippen LogP contribution is -1.86. The second-order valence-electron chi connectivity index (χ2n) is 5.89. The molecule has 0 heterocycles. The van der Waals surface area contributed by atoms with Gasteiger partial charge in [0.25, 0.3) is 0 Å². The quantitative estimate of drug-likeness (QED) is 0.354. The van der Waals surface area contributed by atoms with Crippen LogP contribution in [0.1, 0.15) is 57.4 Å². The summed E-state index contributed by atoms with van der Waals surface area (Å²) < 4.78 is 0. The molecule has 0 spiro atoms. The van der Waals surface area contributed by atoms with Gasteiger partial charge in [0.1, 0.15) is 0 Å². The van der Waals surface area contributed by atoms with Crippen LogP contribution in [0.15, 0.2) is 54.6 Å². The smallest absolute Gasteiger partial charge is 0.0181 e. The van der Waals surface area contributed by atoms with Gasteiger partial charge in [-0.15, -0.1) is 0 Å². The van der Waals surface area contributed by atoms with Gasteiger partial charge in [0.05, 0.1) is 0 Å². The van der Waals surface area contributed by atoms with Crippen LogP contribution in [0.4, 0.5) is 0 Å². The highest BCUT2D eigenvalue weighted by molar-refractivity contribution is 5.82. The molecule has 2 rings (SSSR count). The Morgan fingerprint density at radius 2 is 1.52 bits per heavy atom. The molecule has 2 aromatic rings. The van der Waals surface area contributed by atoms with Gasteiger partial charge in [-0.1, -0.05) is 80.8 Å². The first-order valence-electron chi connectivity index (χ1n) is 8.53. The molecule has 0 aromatic heterocycles. The molecule has 0 radical (unpaired) electrons. The van der Waals surface area contributed by atoms with Crippen molar-refractivity contribution in [1.29, 1.82) is 0 Å². The Morgan fingerprint density at radius 1 is 0.762 bits per heavy atom. The van der Waals surface area contributed by atoms with E-state index in [0.29, 0.717) is 0 Å². The van der Waals surface area contributed by atoms with E-state index in [1.807, 2.05) is 0 Å². The van der Waals surface area contributed by atoms with Crippen LogP contribution in [0.2, 0.25) is 0 Å². The number of hydrogen-bond acceptors (Lipinski definition) is 0. The highest BCUT2D eigenvalue weighted by Crippen LogP contribution is 2.17. The third kappa shape index (κ3) is 5.75. The minimum Gasteiger partial charge on any atom is -0.0885 e. The summed E-state index contributed by atoms with van der Waals surface area (Å²) in [5, 5.41) is 2.72. The summed E-state index contributed by atoms with van der Waals surface area (Å²) >= 11 is 0. The van der Waals surface area contributed by atoms with Crippen LogP contribution < -0.4 is 0 Å². The van der Waals surface area contributed by atoms with Gasteiger partial charge in [0.15, 0.2) is 0 Å². The molecule has 2 aromatic carbocycles. The SMILES string of the molecule is CCC/C=C/CCCCCCc1ccc2ccccc2c1. The van der Waals surface area contributed by atoms with Gasteiger partial charge in [0.2, 0.25) is 0 Å². The summed E-state index contributed by atoms with van der Waals surface area (Å²) in [5.41, 5.74) is 1.48. The van der Waals surface area contributed by atoms with Crippen molar-refractivity contribution in [2.24, 2.45) is 0 Å². The van der Waals surface area contributed by atoms with Gasteiger partial charge >= 0.3 is 0 Å². The van der Waals surface area contributed by atoms with Crippen molar-refractivity contribution in [3.63, 3.8) is 0 Å². The molecular formula is C21H28. The maximum atomic E-state index is 2.35. The summed E-state index contributed by atoms with van der Waals surface area (Å²) in [4.78, 5) is 0. The van der Waals surface area contributed by atoms with Gasteiger partial charge in [-0.25, -0.2) is 0 Å². The Balaban J connectivity index is 1.64. The van der Waals surface area contributed by atoms with Crippen LogP contribution in [0.25, 0.3) is 10.8 Å². The largest absolute Gasteiger partial charge is 0.0885 e. The highest BCUT2D eigenvalue weighted by Gasteiger charge is 1.96.